The maximum absolute atomic E-state index is 13.4. The standard InChI is InChI=1S/C51H57ClN10O4S/c1-6-53-46(63)30-42-50-59-57-32(2)61(50)45-25-21-38(66-5)29-41(45)49(55-42)35-16-22-39(23-17-35)67-27-13-11-9-7-8-10-12-26-54-47(64)31-43-51-60-58-33(3)62(51)44-24-20-37(65-4)28-40(44)48(56-43)34-14-18-36(52)19-15-34/h14-25,28-29,42-43H,6-13,26-27,30-31H2,1-5H3,(H,53,63)(H,54,64)/t42-,43-/m0/s1. The van der Waals surface area contributed by atoms with Crippen LogP contribution in [-0.2, 0) is 9.59 Å². The van der Waals surface area contributed by atoms with Gasteiger partial charge in [-0.05, 0) is 100 Å². The van der Waals surface area contributed by atoms with Crippen molar-refractivity contribution >= 4 is 46.6 Å². The summed E-state index contributed by atoms with van der Waals surface area (Å²) in [6.45, 7) is 6.89. The molecule has 14 nitrogen and oxygen atoms in total. The number of aliphatic imine (C=N–C) groups is 2. The van der Waals surface area contributed by atoms with Gasteiger partial charge in [0.25, 0.3) is 0 Å². The number of halogens is 1. The summed E-state index contributed by atoms with van der Waals surface area (Å²) in [6.07, 6.45) is 8.09. The van der Waals surface area contributed by atoms with Crippen LogP contribution in [0.5, 0.6) is 11.5 Å². The highest BCUT2D eigenvalue weighted by Crippen LogP contribution is 2.37. The Morgan fingerprint density at radius 1 is 0.627 bits per heavy atom. The maximum atomic E-state index is 13.4. The van der Waals surface area contributed by atoms with Crippen molar-refractivity contribution in [3.63, 3.8) is 0 Å². The van der Waals surface area contributed by atoms with Crippen LogP contribution >= 0.6 is 23.4 Å². The Morgan fingerprint density at radius 2 is 1.10 bits per heavy atom. The third-order valence-electron chi connectivity index (χ3n) is 12.1. The molecular weight excluding hydrogens is 884 g/mol. The van der Waals surface area contributed by atoms with E-state index in [1.165, 1.54) is 24.2 Å². The van der Waals surface area contributed by atoms with E-state index in [1.54, 1.807) is 14.2 Å². The SMILES string of the molecule is CCNC(=O)C[C@@H]1N=C(c2ccc(SCCCCCCCCCNC(=O)C[C@@H]3N=C(c4ccc(Cl)cc4)c4cc(OC)ccc4-n4c(C)nnc43)cc2)c2cc(OC)ccc2-n2c(C)nnc21. The van der Waals surface area contributed by atoms with Gasteiger partial charge in [-0.2, -0.15) is 0 Å². The summed E-state index contributed by atoms with van der Waals surface area (Å²) in [4.78, 5) is 37.8. The number of carbonyl (C=O) groups is 2. The summed E-state index contributed by atoms with van der Waals surface area (Å²) < 4.78 is 15.2. The number of amides is 2. The molecule has 0 fully saturated rings. The second-order valence-corrected chi connectivity index (χ2v) is 18.3. The monoisotopic (exact) mass is 940 g/mol. The van der Waals surface area contributed by atoms with Crippen molar-refractivity contribution in [2.45, 2.75) is 95.5 Å². The van der Waals surface area contributed by atoms with Gasteiger partial charge in [-0.15, -0.1) is 32.2 Å². The lowest BCUT2D eigenvalue weighted by Crippen LogP contribution is -2.26. The molecule has 4 aromatic carbocycles. The van der Waals surface area contributed by atoms with Crippen molar-refractivity contribution in [2.75, 3.05) is 33.1 Å². The Bertz CT molecular complexity index is 2770. The van der Waals surface area contributed by atoms with Crippen molar-refractivity contribution in [3.8, 4) is 22.9 Å². The number of ether oxygens (including phenoxy) is 2. The highest BCUT2D eigenvalue weighted by atomic mass is 35.5. The van der Waals surface area contributed by atoms with Gasteiger partial charge in [0.2, 0.25) is 11.8 Å². The Labute approximate surface area is 401 Å². The number of fused-ring (bicyclic) bond motifs is 6. The summed E-state index contributed by atoms with van der Waals surface area (Å²) in [5.74, 6) is 5.02. The Kier molecular flexibility index (Phi) is 15.5. The number of hydrogen-bond acceptors (Lipinski definition) is 11. The molecule has 0 spiro atoms. The molecule has 0 bridgehead atoms. The second kappa shape index (κ2) is 22.0. The molecule has 4 heterocycles. The molecular formula is C51H57ClN10O4S. The van der Waals surface area contributed by atoms with Crippen molar-refractivity contribution in [3.05, 3.63) is 136 Å². The summed E-state index contributed by atoms with van der Waals surface area (Å²) >= 11 is 8.12. The highest BCUT2D eigenvalue weighted by molar-refractivity contribution is 7.99. The van der Waals surface area contributed by atoms with Gasteiger partial charge in [0, 0.05) is 45.3 Å². The van der Waals surface area contributed by atoms with E-state index < -0.39 is 12.1 Å². The number of aryl methyl sites for hydroxylation is 2. The van der Waals surface area contributed by atoms with Crippen LogP contribution in [0.4, 0.5) is 0 Å². The van der Waals surface area contributed by atoms with Gasteiger partial charge < -0.3 is 20.1 Å². The topological polar surface area (TPSA) is 163 Å². The Balaban J connectivity index is 0.789. The van der Waals surface area contributed by atoms with E-state index in [0.29, 0.717) is 41.3 Å². The number of hydrogen-bond donors (Lipinski definition) is 2. The minimum Gasteiger partial charge on any atom is -0.497 e. The molecule has 0 saturated heterocycles. The quantitative estimate of drug-likeness (QED) is 0.0561. The van der Waals surface area contributed by atoms with Gasteiger partial charge in [-0.3, -0.25) is 28.7 Å². The molecule has 2 amide bonds. The number of nitrogens with zero attached hydrogens (tertiary/aromatic N) is 8. The molecule has 348 valence electrons. The van der Waals surface area contributed by atoms with Crippen molar-refractivity contribution in [2.24, 2.45) is 9.98 Å². The lowest BCUT2D eigenvalue weighted by atomic mass is 10.00. The third-order valence-corrected chi connectivity index (χ3v) is 13.4. The highest BCUT2D eigenvalue weighted by Gasteiger charge is 2.32. The molecule has 0 aliphatic carbocycles. The molecule has 8 rings (SSSR count). The molecule has 0 radical (unpaired) electrons. The van der Waals surface area contributed by atoms with E-state index in [0.717, 1.165) is 88.1 Å². The van der Waals surface area contributed by atoms with Crippen molar-refractivity contribution in [1.82, 2.24) is 40.2 Å². The number of carbonyl (C=O) groups excluding carboxylic acids is 2. The Hall–Kier alpha value is -6.32. The number of thioether (sulfide) groups is 1. The van der Waals surface area contributed by atoms with Gasteiger partial charge in [0.1, 0.15) is 35.2 Å². The predicted molar refractivity (Wildman–Crippen MR) is 264 cm³/mol. The van der Waals surface area contributed by atoms with E-state index in [-0.39, 0.29) is 24.7 Å². The van der Waals surface area contributed by atoms with Crippen LogP contribution in [0.1, 0.15) is 122 Å². The number of nitrogens with one attached hydrogen (secondary N) is 2. The van der Waals surface area contributed by atoms with E-state index in [1.807, 2.05) is 102 Å². The predicted octanol–water partition coefficient (Wildman–Crippen LogP) is 9.48. The van der Waals surface area contributed by atoms with Crippen molar-refractivity contribution in [1.29, 1.82) is 0 Å². The minimum atomic E-state index is -0.539. The van der Waals surface area contributed by atoms with E-state index >= 15 is 0 Å². The van der Waals surface area contributed by atoms with Crippen LogP contribution in [0.25, 0.3) is 11.4 Å². The number of unbranched alkanes of at least 4 members (excludes halogenated alkanes) is 6. The molecule has 0 unspecified atom stereocenters. The van der Waals surface area contributed by atoms with Gasteiger partial charge in [0.15, 0.2) is 11.6 Å². The third kappa shape index (κ3) is 10.9. The fourth-order valence-corrected chi connectivity index (χ4v) is 9.72. The van der Waals surface area contributed by atoms with Gasteiger partial charge in [-0.25, -0.2) is 0 Å². The lowest BCUT2D eigenvalue weighted by Gasteiger charge is -2.14. The molecule has 2 atom stereocenters. The molecule has 16 heteroatoms. The second-order valence-electron chi connectivity index (χ2n) is 16.7. The maximum Gasteiger partial charge on any atom is 0.222 e. The van der Waals surface area contributed by atoms with Crippen molar-refractivity contribution < 1.29 is 19.1 Å². The number of rotatable bonds is 20. The van der Waals surface area contributed by atoms with Crippen LogP contribution in [0.3, 0.4) is 0 Å². The summed E-state index contributed by atoms with van der Waals surface area (Å²) in [6, 6.07) is 26.8. The first-order valence-electron chi connectivity index (χ1n) is 23.0. The van der Waals surface area contributed by atoms with Crippen LogP contribution in [0.2, 0.25) is 5.02 Å². The first kappa shape index (κ1) is 47.2. The summed E-state index contributed by atoms with van der Waals surface area (Å²) in [7, 11) is 3.30. The number of aromatic nitrogens is 6. The van der Waals surface area contributed by atoms with Crippen LogP contribution in [-0.4, -0.2) is 85.8 Å². The zero-order chi connectivity index (χ0) is 46.9. The zero-order valence-corrected chi connectivity index (χ0v) is 40.3. The first-order valence-corrected chi connectivity index (χ1v) is 24.4. The van der Waals surface area contributed by atoms with Gasteiger partial charge >= 0.3 is 0 Å². The molecule has 2 aliphatic heterocycles. The summed E-state index contributed by atoms with van der Waals surface area (Å²) in [5, 5.41) is 24.4. The van der Waals surface area contributed by atoms with Gasteiger partial charge in [-0.1, -0.05) is 68.0 Å². The number of benzene rings is 4. The Morgan fingerprint density at radius 3 is 1.61 bits per heavy atom. The van der Waals surface area contributed by atoms with E-state index in [9.17, 15) is 9.59 Å². The molecule has 67 heavy (non-hydrogen) atoms. The lowest BCUT2D eigenvalue weighted by molar-refractivity contribution is -0.122. The van der Waals surface area contributed by atoms with E-state index in [2.05, 4.69) is 55.3 Å². The van der Waals surface area contributed by atoms with Gasteiger partial charge in [0.05, 0.1) is 49.9 Å². The molecule has 0 saturated carbocycles. The van der Waals surface area contributed by atoms with Crippen LogP contribution < -0.4 is 20.1 Å². The first-order chi connectivity index (χ1) is 32.6. The number of methoxy groups -OCH3 is 2. The zero-order valence-electron chi connectivity index (χ0n) is 38.7. The molecule has 2 N–H and O–H groups in total. The molecule has 2 aromatic heterocycles. The van der Waals surface area contributed by atoms with Crippen LogP contribution in [0.15, 0.2) is 99.8 Å². The normalized spacial score (nSPS) is 14.9. The summed E-state index contributed by atoms with van der Waals surface area (Å²) in [5.41, 5.74) is 6.91. The van der Waals surface area contributed by atoms with Crippen LogP contribution in [0, 0.1) is 13.8 Å². The molecule has 2 aliphatic rings. The average Bonchev–Trinajstić information content (AvgIpc) is 3.84. The fraction of sp³-hybridized carbons (Fsp3) is 0.373. The fourth-order valence-electron chi connectivity index (χ4n) is 8.68. The minimum absolute atomic E-state index is 0.0700. The largest absolute Gasteiger partial charge is 0.497 e. The smallest absolute Gasteiger partial charge is 0.222 e. The average molecular weight is 942 g/mol. The molecule has 6 aromatic rings. The van der Waals surface area contributed by atoms with E-state index in [4.69, 9.17) is 31.1 Å².